The molecule has 1 unspecified atom stereocenters. The van der Waals surface area contributed by atoms with Crippen LogP contribution in [0.15, 0.2) is 84.3 Å². The molecular formula is C26H22N2O3. The Bertz CT molecular complexity index is 1190. The van der Waals surface area contributed by atoms with Crippen LogP contribution in [0.4, 0.5) is 0 Å². The van der Waals surface area contributed by atoms with Crippen molar-refractivity contribution >= 4 is 5.97 Å². The van der Waals surface area contributed by atoms with Gasteiger partial charge in [-0.25, -0.2) is 4.79 Å². The zero-order valence-electron chi connectivity index (χ0n) is 17.3. The number of rotatable bonds is 4. The molecule has 5 heteroatoms. The first-order chi connectivity index (χ1) is 15.0. The molecule has 1 heterocycles. The standard InChI is InChI=1S/C26H22N2O3/c1-16(2)17-8-10-18(11-9-17)24-21-13-12-20(14-23(21)31-25(28)22(24)15-27)30-26(29)19-6-4-3-5-7-19/h3-14,16,24H,28H2,1-2H3. The van der Waals surface area contributed by atoms with Gasteiger partial charge in [0, 0.05) is 11.6 Å². The van der Waals surface area contributed by atoms with E-state index in [2.05, 4.69) is 32.0 Å². The number of hydrogen-bond acceptors (Lipinski definition) is 5. The summed E-state index contributed by atoms with van der Waals surface area (Å²) in [5.74, 6) is 0.461. The number of nitrogens with zero attached hydrogens (tertiary/aromatic N) is 1. The van der Waals surface area contributed by atoms with E-state index in [4.69, 9.17) is 15.2 Å². The number of carbonyl (C=O) groups is 1. The number of allylic oxidation sites excluding steroid dienone is 1. The van der Waals surface area contributed by atoms with Crippen LogP contribution in [0.5, 0.6) is 11.5 Å². The lowest BCUT2D eigenvalue weighted by Crippen LogP contribution is -2.21. The molecule has 154 valence electrons. The summed E-state index contributed by atoms with van der Waals surface area (Å²) < 4.78 is 11.2. The van der Waals surface area contributed by atoms with Crippen molar-refractivity contribution in [1.29, 1.82) is 5.26 Å². The topological polar surface area (TPSA) is 85.3 Å². The second-order valence-corrected chi connectivity index (χ2v) is 7.70. The smallest absolute Gasteiger partial charge is 0.343 e. The maximum absolute atomic E-state index is 12.4. The van der Waals surface area contributed by atoms with Crippen LogP contribution in [-0.2, 0) is 0 Å². The van der Waals surface area contributed by atoms with E-state index >= 15 is 0 Å². The highest BCUT2D eigenvalue weighted by atomic mass is 16.5. The Morgan fingerprint density at radius 2 is 1.77 bits per heavy atom. The Kier molecular flexibility index (Phi) is 5.46. The Morgan fingerprint density at radius 1 is 1.06 bits per heavy atom. The molecule has 0 amide bonds. The van der Waals surface area contributed by atoms with Crippen LogP contribution in [0.25, 0.3) is 0 Å². The fraction of sp³-hybridized carbons (Fsp3) is 0.154. The van der Waals surface area contributed by atoms with Crippen molar-refractivity contribution in [2.45, 2.75) is 25.7 Å². The number of fused-ring (bicyclic) bond motifs is 1. The summed E-state index contributed by atoms with van der Waals surface area (Å²) in [5, 5.41) is 9.72. The molecule has 31 heavy (non-hydrogen) atoms. The molecule has 3 aromatic carbocycles. The summed E-state index contributed by atoms with van der Waals surface area (Å²) in [6.07, 6.45) is 0. The molecule has 1 atom stereocenters. The van der Waals surface area contributed by atoms with E-state index < -0.39 is 5.97 Å². The van der Waals surface area contributed by atoms with Crippen molar-refractivity contribution in [2.24, 2.45) is 5.73 Å². The molecule has 0 saturated carbocycles. The minimum atomic E-state index is -0.460. The number of carbonyl (C=O) groups excluding carboxylic acids is 1. The predicted octanol–water partition coefficient (Wildman–Crippen LogP) is 5.25. The van der Waals surface area contributed by atoms with Crippen molar-refractivity contribution in [3.8, 4) is 17.6 Å². The van der Waals surface area contributed by atoms with Crippen LogP contribution < -0.4 is 15.2 Å². The third-order valence-electron chi connectivity index (χ3n) is 5.35. The molecule has 1 aliphatic heterocycles. The molecule has 3 aromatic rings. The third kappa shape index (κ3) is 4.01. The van der Waals surface area contributed by atoms with Crippen LogP contribution in [0.2, 0.25) is 0 Å². The summed E-state index contributed by atoms with van der Waals surface area (Å²) in [4.78, 5) is 12.4. The third-order valence-corrected chi connectivity index (χ3v) is 5.35. The van der Waals surface area contributed by atoms with Crippen LogP contribution in [0.1, 0.15) is 52.7 Å². The largest absolute Gasteiger partial charge is 0.440 e. The first-order valence-electron chi connectivity index (χ1n) is 10.1. The van der Waals surface area contributed by atoms with Gasteiger partial charge in [0.2, 0.25) is 5.88 Å². The van der Waals surface area contributed by atoms with Gasteiger partial charge in [-0.2, -0.15) is 5.26 Å². The van der Waals surface area contributed by atoms with Gasteiger partial charge in [0.05, 0.1) is 11.5 Å². The number of nitriles is 1. The maximum Gasteiger partial charge on any atom is 0.343 e. The molecule has 0 aliphatic carbocycles. The number of esters is 1. The van der Waals surface area contributed by atoms with E-state index in [9.17, 15) is 10.1 Å². The van der Waals surface area contributed by atoms with Crippen molar-refractivity contribution in [1.82, 2.24) is 0 Å². The minimum Gasteiger partial charge on any atom is -0.440 e. The summed E-state index contributed by atoms with van der Waals surface area (Å²) >= 11 is 0. The Morgan fingerprint density at radius 3 is 2.42 bits per heavy atom. The van der Waals surface area contributed by atoms with Gasteiger partial charge in [-0.1, -0.05) is 62.4 Å². The zero-order chi connectivity index (χ0) is 22.0. The number of benzene rings is 3. The van der Waals surface area contributed by atoms with E-state index in [0.29, 0.717) is 28.6 Å². The quantitative estimate of drug-likeness (QED) is 0.469. The minimum absolute atomic E-state index is 0.0551. The predicted molar refractivity (Wildman–Crippen MR) is 118 cm³/mol. The average molecular weight is 410 g/mol. The molecule has 0 saturated heterocycles. The summed E-state index contributed by atoms with van der Waals surface area (Å²) in [6.45, 7) is 4.27. The maximum atomic E-state index is 12.4. The van der Waals surface area contributed by atoms with E-state index in [-0.39, 0.29) is 11.8 Å². The van der Waals surface area contributed by atoms with Gasteiger partial charge in [0.25, 0.3) is 0 Å². The molecule has 0 aromatic heterocycles. The first-order valence-corrected chi connectivity index (χ1v) is 10.1. The van der Waals surface area contributed by atoms with E-state index in [1.807, 2.05) is 24.3 Å². The lowest BCUT2D eigenvalue weighted by atomic mass is 9.83. The Labute approximate surface area is 181 Å². The fourth-order valence-corrected chi connectivity index (χ4v) is 3.66. The summed E-state index contributed by atoms with van der Waals surface area (Å²) in [6, 6.07) is 24.3. The molecule has 0 bridgehead atoms. The van der Waals surface area contributed by atoms with Gasteiger partial charge >= 0.3 is 5.97 Å². The van der Waals surface area contributed by atoms with Crippen LogP contribution >= 0.6 is 0 Å². The second-order valence-electron chi connectivity index (χ2n) is 7.70. The summed E-state index contributed by atoms with van der Waals surface area (Å²) in [5.41, 5.74) is 9.85. The van der Waals surface area contributed by atoms with Crippen molar-refractivity contribution in [3.05, 3.63) is 107 Å². The zero-order valence-corrected chi connectivity index (χ0v) is 17.3. The molecule has 2 N–H and O–H groups in total. The van der Waals surface area contributed by atoms with Crippen molar-refractivity contribution in [3.63, 3.8) is 0 Å². The highest BCUT2D eigenvalue weighted by Crippen LogP contribution is 2.43. The molecule has 1 aliphatic rings. The van der Waals surface area contributed by atoms with Crippen molar-refractivity contribution in [2.75, 3.05) is 0 Å². The molecular weight excluding hydrogens is 388 g/mol. The first kappa shape index (κ1) is 20.2. The lowest BCUT2D eigenvalue weighted by Gasteiger charge is -2.27. The lowest BCUT2D eigenvalue weighted by molar-refractivity contribution is 0.0734. The van der Waals surface area contributed by atoms with Crippen LogP contribution in [0.3, 0.4) is 0 Å². The van der Waals surface area contributed by atoms with Crippen LogP contribution in [0, 0.1) is 11.3 Å². The molecule has 5 nitrogen and oxygen atoms in total. The highest BCUT2D eigenvalue weighted by molar-refractivity contribution is 5.91. The SMILES string of the molecule is CC(C)c1ccc(C2C(C#N)=C(N)Oc3cc(OC(=O)c4ccccc4)ccc32)cc1. The van der Waals surface area contributed by atoms with Gasteiger partial charge in [-0.15, -0.1) is 0 Å². The van der Waals surface area contributed by atoms with Gasteiger partial charge < -0.3 is 15.2 Å². The number of nitrogens with two attached hydrogens (primary N) is 1. The Balaban J connectivity index is 1.69. The monoisotopic (exact) mass is 410 g/mol. The average Bonchev–Trinajstić information content (AvgIpc) is 2.78. The Hall–Kier alpha value is -4.04. The molecule has 4 rings (SSSR count). The van der Waals surface area contributed by atoms with E-state index in [1.54, 1.807) is 36.4 Å². The van der Waals surface area contributed by atoms with Crippen LogP contribution in [-0.4, -0.2) is 5.97 Å². The van der Waals surface area contributed by atoms with Gasteiger partial charge in [-0.3, -0.25) is 0 Å². The van der Waals surface area contributed by atoms with E-state index in [1.165, 1.54) is 5.56 Å². The number of ether oxygens (including phenoxy) is 2. The number of hydrogen-bond donors (Lipinski definition) is 1. The highest BCUT2D eigenvalue weighted by Gasteiger charge is 2.31. The van der Waals surface area contributed by atoms with Crippen molar-refractivity contribution < 1.29 is 14.3 Å². The normalized spacial score (nSPS) is 15.1. The van der Waals surface area contributed by atoms with Gasteiger partial charge in [-0.05, 0) is 35.2 Å². The molecule has 0 radical (unpaired) electrons. The fourth-order valence-electron chi connectivity index (χ4n) is 3.66. The van der Waals surface area contributed by atoms with Gasteiger partial charge in [0.1, 0.15) is 23.1 Å². The molecule has 0 spiro atoms. The van der Waals surface area contributed by atoms with Gasteiger partial charge in [0.15, 0.2) is 0 Å². The second kappa shape index (κ2) is 8.37. The molecule has 0 fully saturated rings. The summed E-state index contributed by atoms with van der Waals surface area (Å²) in [7, 11) is 0. The van der Waals surface area contributed by atoms with E-state index in [0.717, 1.165) is 11.1 Å².